The van der Waals surface area contributed by atoms with E-state index in [0.29, 0.717) is 17.8 Å². The van der Waals surface area contributed by atoms with Crippen LogP contribution < -0.4 is 9.64 Å². The van der Waals surface area contributed by atoms with Crippen LogP contribution in [0.4, 0.5) is 5.69 Å². The first-order valence-electron chi connectivity index (χ1n) is 16.7. The lowest BCUT2D eigenvalue weighted by molar-refractivity contribution is -0.124. The average molecular weight is 601 g/mol. The van der Waals surface area contributed by atoms with E-state index in [1.165, 1.54) is 53.1 Å². The maximum Gasteiger partial charge on any atom is 0.230 e. The van der Waals surface area contributed by atoms with Crippen molar-refractivity contribution in [1.82, 2.24) is 4.98 Å². The van der Waals surface area contributed by atoms with E-state index in [9.17, 15) is 9.90 Å². The third-order valence-electron chi connectivity index (χ3n) is 10.4. The number of methoxy groups -OCH3 is 1. The molecule has 3 saturated carbocycles. The van der Waals surface area contributed by atoms with Gasteiger partial charge in [0.1, 0.15) is 5.75 Å². The predicted molar refractivity (Wildman–Crippen MR) is 176 cm³/mol. The minimum absolute atomic E-state index is 0.00743. The summed E-state index contributed by atoms with van der Waals surface area (Å²) in [6.07, 6.45) is 15.8. The summed E-state index contributed by atoms with van der Waals surface area (Å²) in [6.45, 7) is 2.89. The van der Waals surface area contributed by atoms with Crippen molar-refractivity contribution in [3.05, 3.63) is 64.8 Å². The number of amides is 1. The van der Waals surface area contributed by atoms with E-state index in [1.54, 1.807) is 7.11 Å². The number of anilines is 1. The summed E-state index contributed by atoms with van der Waals surface area (Å²) in [4.78, 5) is 22.3. The number of aliphatic hydroxyl groups excluding tert-OH is 1. The molecule has 3 fully saturated rings. The van der Waals surface area contributed by atoms with Crippen molar-refractivity contribution in [2.75, 3.05) is 18.6 Å². The van der Waals surface area contributed by atoms with Crippen LogP contribution >= 0.6 is 11.3 Å². The van der Waals surface area contributed by atoms with E-state index in [1.807, 2.05) is 17.5 Å². The van der Waals surface area contributed by atoms with Crippen LogP contribution in [0.2, 0.25) is 0 Å². The molecule has 230 valence electrons. The Morgan fingerprint density at radius 2 is 1.70 bits per heavy atom. The highest BCUT2D eigenvalue weighted by Gasteiger charge is 2.32. The molecule has 5 nitrogen and oxygen atoms in total. The Kier molecular flexibility index (Phi) is 9.84. The van der Waals surface area contributed by atoms with E-state index in [2.05, 4.69) is 54.3 Å². The van der Waals surface area contributed by atoms with Crippen molar-refractivity contribution in [3.63, 3.8) is 0 Å². The minimum Gasteiger partial charge on any atom is -0.496 e. The third kappa shape index (κ3) is 7.17. The Balaban J connectivity index is 1.19. The number of aromatic nitrogens is 1. The van der Waals surface area contributed by atoms with Gasteiger partial charge in [-0.3, -0.25) is 4.79 Å². The molecule has 3 aliphatic rings. The summed E-state index contributed by atoms with van der Waals surface area (Å²) in [6, 6.07) is 15.2. The molecule has 1 aromatic heterocycles. The Morgan fingerprint density at radius 3 is 2.42 bits per heavy atom. The number of hydrogen-bond acceptors (Lipinski definition) is 5. The maximum atomic E-state index is 14.1. The number of rotatable bonds is 8. The second kappa shape index (κ2) is 13.9. The molecule has 0 atom stereocenters. The van der Waals surface area contributed by atoms with Crippen molar-refractivity contribution in [3.8, 4) is 16.2 Å². The molecular weight excluding hydrogens is 552 g/mol. The predicted octanol–water partition coefficient (Wildman–Crippen LogP) is 9.03. The molecule has 0 saturated heterocycles. The summed E-state index contributed by atoms with van der Waals surface area (Å²) in [5.41, 5.74) is 4.78. The molecule has 3 aliphatic carbocycles. The van der Waals surface area contributed by atoms with Crippen LogP contribution in [0.5, 0.6) is 5.75 Å². The highest BCUT2D eigenvalue weighted by Crippen LogP contribution is 2.41. The van der Waals surface area contributed by atoms with Gasteiger partial charge in [0, 0.05) is 30.3 Å². The fourth-order valence-electron chi connectivity index (χ4n) is 7.74. The molecule has 43 heavy (non-hydrogen) atoms. The number of thiazole rings is 1. The summed E-state index contributed by atoms with van der Waals surface area (Å²) >= 11 is 1.84. The third-order valence-corrected chi connectivity index (χ3v) is 11.6. The van der Waals surface area contributed by atoms with Crippen molar-refractivity contribution in [2.45, 2.75) is 108 Å². The van der Waals surface area contributed by atoms with Crippen LogP contribution in [0.25, 0.3) is 10.4 Å². The lowest BCUT2D eigenvalue weighted by Gasteiger charge is -2.36. The van der Waals surface area contributed by atoms with Gasteiger partial charge in [-0.2, -0.15) is 0 Å². The molecule has 1 N–H and O–H groups in total. The van der Waals surface area contributed by atoms with Gasteiger partial charge in [-0.15, -0.1) is 11.3 Å². The Morgan fingerprint density at radius 1 is 0.930 bits per heavy atom. The average Bonchev–Trinajstić information content (AvgIpc) is 3.55. The van der Waals surface area contributed by atoms with E-state index in [4.69, 9.17) is 9.72 Å². The summed E-state index contributed by atoms with van der Waals surface area (Å²) in [5.74, 6) is 2.84. The second-order valence-electron chi connectivity index (χ2n) is 13.3. The molecule has 6 rings (SSSR count). The first kappa shape index (κ1) is 30.3. The molecule has 0 spiro atoms. The highest BCUT2D eigenvalue weighted by molar-refractivity contribution is 7.15. The van der Waals surface area contributed by atoms with E-state index in [-0.39, 0.29) is 17.9 Å². The van der Waals surface area contributed by atoms with Gasteiger partial charge in [0.05, 0.1) is 23.1 Å². The van der Waals surface area contributed by atoms with E-state index < -0.39 is 0 Å². The Labute approximate surface area is 261 Å². The Hall–Kier alpha value is -2.70. The molecule has 0 radical (unpaired) electrons. The highest BCUT2D eigenvalue weighted by atomic mass is 32.1. The first-order valence-corrected chi connectivity index (χ1v) is 17.5. The number of ether oxygens (including phenoxy) is 1. The Bertz CT molecular complexity index is 1360. The van der Waals surface area contributed by atoms with Crippen LogP contribution in [0.3, 0.4) is 0 Å². The van der Waals surface area contributed by atoms with E-state index >= 15 is 0 Å². The standard InChI is InChI=1S/C37H48N2O3S/c1-25-21-30(17-20-34(25)42-2)27-13-11-26(12-14-27)24-39(37(41)29-15-18-33(40)19-16-29)32-10-6-9-31(22-32)35-23-38-36(43-35)28-7-4-3-5-8-28/h6,9-10,17,20-23,26-29,33,40H,3-5,7-8,11-16,18-19,24H2,1-2H3. The number of benzene rings is 2. The van der Waals surface area contributed by atoms with Crippen LogP contribution in [0, 0.1) is 18.8 Å². The van der Waals surface area contributed by atoms with Gasteiger partial charge in [0.2, 0.25) is 5.91 Å². The molecule has 1 heterocycles. The number of hydrogen-bond donors (Lipinski definition) is 1. The summed E-state index contributed by atoms with van der Waals surface area (Å²) < 4.78 is 5.48. The number of aliphatic hydroxyl groups is 1. The first-order chi connectivity index (χ1) is 21.0. The van der Waals surface area contributed by atoms with Crippen LogP contribution in [-0.4, -0.2) is 35.8 Å². The van der Waals surface area contributed by atoms with Gasteiger partial charge in [-0.05, 0) is 118 Å². The molecular formula is C37H48N2O3S. The number of carbonyl (C=O) groups excluding carboxylic acids is 1. The van der Waals surface area contributed by atoms with Crippen molar-refractivity contribution < 1.29 is 14.6 Å². The normalized spacial score (nSPS) is 24.9. The van der Waals surface area contributed by atoms with Crippen molar-refractivity contribution in [2.24, 2.45) is 11.8 Å². The number of carbonyl (C=O) groups is 1. The van der Waals surface area contributed by atoms with Gasteiger partial charge in [-0.25, -0.2) is 4.98 Å². The van der Waals surface area contributed by atoms with Crippen molar-refractivity contribution in [1.29, 1.82) is 0 Å². The smallest absolute Gasteiger partial charge is 0.230 e. The lowest BCUT2D eigenvalue weighted by Crippen LogP contribution is -2.41. The number of nitrogens with zero attached hydrogens (tertiary/aromatic N) is 2. The van der Waals surface area contributed by atoms with Gasteiger partial charge in [0.25, 0.3) is 0 Å². The van der Waals surface area contributed by atoms with E-state index in [0.717, 1.165) is 74.9 Å². The fourth-order valence-corrected chi connectivity index (χ4v) is 8.83. The fraction of sp³-hybridized carbons (Fsp3) is 0.568. The summed E-state index contributed by atoms with van der Waals surface area (Å²) in [7, 11) is 1.73. The largest absolute Gasteiger partial charge is 0.496 e. The zero-order chi connectivity index (χ0) is 29.8. The van der Waals surface area contributed by atoms with Gasteiger partial charge in [0.15, 0.2) is 0 Å². The maximum absolute atomic E-state index is 14.1. The van der Waals surface area contributed by atoms with Crippen LogP contribution in [0.15, 0.2) is 48.7 Å². The van der Waals surface area contributed by atoms with Gasteiger partial charge >= 0.3 is 0 Å². The molecule has 6 heteroatoms. The lowest BCUT2D eigenvalue weighted by atomic mass is 9.78. The van der Waals surface area contributed by atoms with Gasteiger partial charge in [-0.1, -0.05) is 43.5 Å². The van der Waals surface area contributed by atoms with Gasteiger partial charge < -0.3 is 14.7 Å². The van der Waals surface area contributed by atoms with Crippen molar-refractivity contribution >= 4 is 22.9 Å². The minimum atomic E-state index is -0.262. The number of aryl methyl sites for hydroxylation is 1. The molecule has 2 aromatic carbocycles. The monoisotopic (exact) mass is 600 g/mol. The SMILES string of the molecule is COc1ccc(C2CCC(CN(C(=O)C3CCC(O)CC3)c3cccc(-c4cnc(C5CCCCC5)s4)c3)CC2)cc1C. The zero-order valence-electron chi connectivity index (χ0n) is 26.0. The second-order valence-corrected chi connectivity index (χ2v) is 14.4. The topological polar surface area (TPSA) is 62.7 Å². The molecule has 0 aliphatic heterocycles. The van der Waals surface area contributed by atoms with Crippen LogP contribution in [0.1, 0.15) is 111 Å². The molecule has 3 aromatic rings. The molecule has 1 amide bonds. The molecule has 0 bridgehead atoms. The zero-order valence-corrected chi connectivity index (χ0v) is 26.8. The van der Waals surface area contributed by atoms with Crippen LogP contribution in [-0.2, 0) is 4.79 Å². The quantitative estimate of drug-likeness (QED) is 0.280. The summed E-state index contributed by atoms with van der Waals surface area (Å²) in [5, 5.41) is 11.4. The molecule has 0 unspecified atom stereocenters.